The van der Waals surface area contributed by atoms with Crippen LogP contribution in [0.5, 0.6) is 0 Å². The highest BCUT2D eigenvalue weighted by Gasteiger charge is 2.18. The van der Waals surface area contributed by atoms with Crippen molar-refractivity contribution in [2.45, 2.75) is 0 Å². The van der Waals surface area contributed by atoms with Crippen LogP contribution >= 0.6 is 0 Å². The van der Waals surface area contributed by atoms with Gasteiger partial charge in [0.2, 0.25) is 0 Å². The van der Waals surface area contributed by atoms with Crippen LogP contribution in [-0.2, 0) is 0 Å². The third-order valence-electron chi connectivity index (χ3n) is 8.94. The number of nitrogens with one attached hydrogen (secondary N) is 1. The Labute approximate surface area is 245 Å². The van der Waals surface area contributed by atoms with Gasteiger partial charge in [0.25, 0.3) is 0 Å². The maximum atomic E-state index is 6.31. The summed E-state index contributed by atoms with van der Waals surface area (Å²) in [5, 5.41) is 7.00. The summed E-state index contributed by atoms with van der Waals surface area (Å²) in [6.07, 6.45) is 0. The van der Waals surface area contributed by atoms with Gasteiger partial charge in [-0.05, 0) is 46.3 Å². The fourth-order valence-corrected chi connectivity index (χ4v) is 6.92. The number of rotatable bonds is 2. The first kappa shape index (κ1) is 22.8. The van der Waals surface area contributed by atoms with Crippen molar-refractivity contribution in [3.8, 4) is 22.3 Å². The number of benzene rings is 6. The molecule has 0 radical (unpaired) electrons. The molecular weight excluding hydrogens is 526 g/mol. The molecule has 4 heterocycles. The zero-order chi connectivity index (χ0) is 28.1. The lowest BCUT2D eigenvalue weighted by Crippen LogP contribution is -1.93. The molecule has 0 amide bonds. The number of imidazole rings is 1. The minimum absolute atomic E-state index is 0.918. The number of hydrogen-bond donors (Lipinski definition) is 1. The Hall–Kier alpha value is -5.87. The molecule has 0 aliphatic rings. The summed E-state index contributed by atoms with van der Waals surface area (Å²) in [5.74, 6) is 0. The SMILES string of the molecule is c1ccc2c(c1)[nH]c1c2nc2c3ccccc3c3cc(-c4ccc(-c5cccc6c5oc5ccccc56)cc4)ccc3n21. The van der Waals surface area contributed by atoms with E-state index in [4.69, 9.17) is 9.40 Å². The molecule has 0 aliphatic heterocycles. The van der Waals surface area contributed by atoms with Crippen molar-refractivity contribution in [1.82, 2.24) is 14.4 Å². The van der Waals surface area contributed by atoms with Crippen molar-refractivity contribution in [2.24, 2.45) is 0 Å². The van der Waals surface area contributed by atoms with Gasteiger partial charge in [0.05, 0.1) is 5.52 Å². The second kappa shape index (κ2) is 8.34. The van der Waals surface area contributed by atoms with E-state index < -0.39 is 0 Å². The molecule has 1 N–H and O–H groups in total. The van der Waals surface area contributed by atoms with Crippen LogP contribution < -0.4 is 0 Å². The minimum atomic E-state index is 0.918. The summed E-state index contributed by atoms with van der Waals surface area (Å²) in [6.45, 7) is 0. The number of para-hydroxylation sites is 3. The molecule has 43 heavy (non-hydrogen) atoms. The minimum Gasteiger partial charge on any atom is -0.455 e. The van der Waals surface area contributed by atoms with Crippen LogP contribution in [0.15, 0.2) is 138 Å². The normalized spacial score (nSPS) is 12.2. The van der Waals surface area contributed by atoms with E-state index in [9.17, 15) is 0 Å². The largest absolute Gasteiger partial charge is 0.455 e. The van der Waals surface area contributed by atoms with Gasteiger partial charge < -0.3 is 9.40 Å². The van der Waals surface area contributed by atoms with Gasteiger partial charge in [0.15, 0.2) is 0 Å². The monoisotopic (exact) mass is 549 g/mol. The van der Waals surface area contributed by atoms with E-state index in [1.807, 2.05) is 12.1 Å². The van der Waals surface area contributed by atoms with Crippen LogP contribution in [0.4, 0.5) is 0 Å². The number of fused-ring (bicyclic) bond motifs is 13. The second-order valence-electron chi connectivity index (χ2n) is 11.3. The van der Waals surface area contributed by atoms with Crippen molar-refractivity contribution >= 4 is 71.3 Å². The predicted octanol–water partition coefficient (Wildman–Crippen LogP) is 10.5. The van der Waals surface area contributed by atoms with E-state index in [-0.39, 0.29) is 0 Å². The van der Waals surface area contributed by atoms with Gasteiger partial charge in [-0.3, -0.25) is 4.40 Å². The van der Waals surface area contributed by atoms with Gasteiger partial charge >= 0.3 is 0 Å². The third kappa shape index (κ3) is 3.12. The Kier molecular flexibility index (Phi) is 4.42. The van der Waals surface area contributed by atoms with Crippen molar-refractivity contribution < 1.29 is 4.42 Å². The predicted molar refractivity (Wildman–Crippen MR) is 178 cm³/mol. The molecule has 0 aliphatic carbocycles. The first-order chi connectivity index (χ1) is 21.3. The van der Waals surface area contributed by atoms with Gasteiger partial charge in [-0.25, -0.2) is 4.98 Å². The van der Waals surface area contributed by atoms with E-state index >= 15 is 0 Å². The van der Waals surface area contributed by atoms with Crippen LogP contribution in [0.25, 0.3) is 93.6 Å². The zero-order valence-electron chi connectivity index (χ0n) is 23.0. The molecule has 0 saturated carbocycles. The van der Waals surface area contributed by atoms with E-state index in [0.717, 1.165) is 71.7 Å². The Morgan fingerprint density at radius 2 is 1.23 bits per heavy atom. The molecule has 0 fully saturated rings. The fourth-order valence-electron chi connectivity index (χ4n) is 6.92. The third-order valence-corrected chi connectivity index (χ3v) is 8.94. The second-order valence-corrected chi connectivity index (χ2v) is 11.3. The fraction of sp³-hybridized carbons (Fsp3) is 0. The molecule has 6 aromatic carbocycles. The number of pyridine rings is 1. The molecule has 0 spiro atoms. The average molecular weight is 550 g/mol. The van der Waals surface area contributed by atoms with E-state index in [2.05, 4.69) is 131 Å². The van der Waals surface area contributed by atoms with Crippen LogP contribution in [0.1, 0.15) is 0 Å². The van der Waals surface area contributed by atoms with Crippen molar-refractivity contribution in [3.63, 3.8) is 0 Å². The molecule has 4 nitrogen and oxygen atoms in total. The summed E-state index contributed by atoms with van der Waals surface area (Å²) in [7, 11) is 0. The van der Waals surface area contributed by atoms with Gasteiger partial charge in [-0.15, -0.1) is 0 Å². The highest BCUT2D eigenvalue weighted by molar-refractivity contribution is 6.17. The summed E-state index contributed by atoms with van der Waals surface area (Å²) in [5.41, 5.74) is 11.7. The molecule has 10 rings (SSSR count). The molecule has 0 bridgehead atoms. The highest BCUT2D eigenvalue weighted by atomic mass is 16.3. The van der Waals surface area contributed by atoms with Crippen LogP contribution in [-0.4, -0.2) is 14.4 Å². The maximum absolute atomic E-state index is 6.31. The summed E-state index contributed by atoms with van der Waals surface area (Å²) < 4.78 is 8.60. The summed E-state index contributed by atoms with van der Waals surface area (Å²) in [6, 6.07) is 47.2. The summed E-state index contributed by atoms with van der Waals surface area (Å²) >= 11 is 0. The Balaban J connectivity index is 1.16. The number of hydrogen-bond acceptors (Lipinski definition) is 2. The van der Waals surface area contributed by atoms with Gasteiger partial charge in [-0.1, -0.05) is 109 Å². The quantitative estimate of drug-likeness (QED) is 0.218. The van der Waals surface area contributed by atoms with Gasteiger partial charge in [0.1, 0.15) is 28.0 Å². The average Bonchev–Trinajstić information content (AvgIpc) is 3.75. The Morgan fingerprint density at radius 1 is 0.535 bits per heavy atom. The first-order valence-corrected chi connectivity index (χ1v) is 14.6. The Morgan fingerprint density at radius 3 is 2.12 bits per heavy atom. The molecule has 0 unspecified atom stereocenters. The lowest BCUT2D eigenvalue weighted by Gasteiger charge is -2.11. The number of aromatic amines is 1. The van der Waals surface area contributed by atoms with Crippen molar-refractivity contribution in [2.75, 3.05) is 0 Å². The van der Waals surface area contributed by atoms with Crippen LogP contribution in [0.3, 0.4) is 0 Å². The number of aromatic nitrogens is 3. The van der Waals surface area contributed by atoms with Crippen LogP contribution in [0.2, 0.25) is 0 Å². The van der Waals surface area contributed by atoms with Crippen LogP contribution in [0, 0.1) is 0 Å². The smallest absolute Gasteiger partial charge is 0.147 e. The number of furan rings is 1. The summed E-state index contributed by atoms with van der Waals surface area (Å²) in [4.78, 5) is 8.80. The van der Waals surface area contributed by atoms with E-state index in [1.54, 1.807) is 0 Å². The van der Waals surface area contributed by atoms with Gasteiger partial charge in [-0.2, -0.15) is 0 Å². The molecule has 0 atom stereocenters. The first-order valence-electron chi connectivity index (χ1n) is 14.6. The number of nitrogens with zero attached hydrogens (tertiary/aromatic N) is 2. The Bertz CT molecular complexity index is 2720. The van der Waals surface area contributed by atoms with Crippen molar-refractivity contribution in [3.05, 3.63) is 133 Å². The number of H-pyrrole nitrogens is 1. The van der Waals surface area contributed by atoms with E-state index in [1.165, 1.54) is 21.9 Å². The van der Waals surface area contributed by atoms with Crippen molar-refractivity contribution in [1.29, 1.82) is 0 Å². The van der Waals surface area contributed by atoms with E-state index in [0.29, 0.717) is 0 Å². The lowest BCUT2D eigenvalue weighted by molar-refractivity contribution is 0.670. The highest BCUT2D eigenvalue weighted by Crippen LogP contribution is 2.38. The maximum Gasteiger partial charge on any atom is 0.147 e. The molecule has 10 aromatic rings. The topological polar surface area (TPSA) is 46.2 Å². The molecule has 0 saturated heterocycles. The molecule has 200 valence electrons. The zero-order valence-corrected chi connectivity index (χ0v) is 23.0. The van der Waals surface area contributed by atoms with Gasteiger partial charge in [0, 0.05) is 38.0 Å². The standard InChI is InChI=1S/C39H23N3O/c1-2-10-30-27(8-1)32-22-25(20-21-34(32)42-38(30)41-36-31-11-3-5-14-33(31)40-39(36)42)23-16-18-24(19-17-23)26-12-7-13-29-28-9-4-6-15-35(28)43-37(26)29/h1-22,40H. The molecular formula is C39H23N3O. The lowest BCUT2D eigenvalue weighted by atomic mass is 9.97. The molecule has 4 heteroatoms. The molecule has 4 aromatic heterocycles.